The van der Waals surface area contributed by atoms with Gasteiger partial charge in [-0.3, -0.25) is 4.79 Å². The molecule has 1 heterocycles. The first kappa shape index (κ1) is 21.4. The van der Waals surface area contributed by atoms with Crippen molar-refractivity contribution in [1.82, 2.24) is 10.2 Å². The van der Waals surface area contributed by atoms with Gasteiger partial charge in [-0.25, -0.2) is 4.79 Å². The van der Waals surface area contributed by atoms with Crippen molar-refractivity contribution >= 4 is 11.9 Å². The summed E-state index contributed by atoms with van der Waals surface area (Å²) in [7, 11) is 1.82. The van der Waals surface area contributed by atoms with Gasteiger partial charge in [0.05, 0.1) is 17.7 Å². The quantitative estimate of drug-likeness (QED) is 0.844. The van der Waals surface area contributed by atoms with Crippen LogP contribution < -0.4 is 5.32 Å². The molecule has 0 aromatic heterocycles. The van der Waals surface area contributed by atoms with E-state index in [9.17, 15) is 18.0 Å². The molecule has 26 heavy (non-hydrogen) atoms. The summed E-state index contributed by atoms with van der Waals surface area (Å²) in [6.45, 7) is 1.76. The molecular formula is C17H20F3N3O3. The zero-order chi connectivity index (χ0) is 19.7. The molecule has 9 heteroatoms. The average molecular weight is 371 g/mol. The number of nitrogens with one attached hydrogen (secondary N) is 1. The van der Waals surface area contributed by atoms with Gasteiger partial charge in [0.25, 0.3) is 0 Å². The number of carboxylic acids is 1. The summed E-state index contributed by atoms with van der Waals surface area (Å²) in [6.07, 6.45) is -2.20. The van der Waals surface area contributed by atoms with E-state index in [2.05, 4.69) is 11.4 Å². The number of amides is 1. The molecule has 0 aliphatic carbocycles. The van der Waals surface area contributed by atoms with Crippen LogP contribution in [0.5, 0.6) is 0 Å². The zero-order valence-corrected chi connectivity index (χ0v) is 14.2. The third kappa shape index (κ3) is 6.72. The number of aliphatic carboxylic acids is 1. The molecule has 0 radical (unpaired) electrons. The molecule has 2 N–H and O–H groups in total. The second kappa shape index (κ2) is 9.77. The number of alkyl halides is 3. The number of nitriles is 1. The number of carboxylic acid groups (broad SMARTS) is 1. The Morgan fingerprint density at radius 1 is 1.27 bits per heavy atom. The fraction of sp³-hybridized carbons (Fsp3) is 0.471. The van der Waals surface area contributed by atoms with E-state index in [0.717, 1.165) is 31.5 Å². The van der Waals surface area contributed by atoms with Gasteiger partial charge in [0.15, 0.2) is 0 Å². The van der Waals surface area contributed by atoms with Crippen LogP contribution in [0.4, 0.5) is 13.2 Å². The number of benzene rings is 1. The van der Waals surface area contributed by atoms with E-state index in [1.807, 2.05) is 24.1 Å². The summed E-state index contributed by atoms with van der Waals surface area (Å²) in [5.41, 5.74) is 1.72. The first-order chi connectivity index (χ1) is 12.2. The Balaban J connectivity index is 0.000000412. The summed E-state index contributed by atoms with van der Waals surface area (Å²) < 4.78 is 31.7. The Bertz CT molecular complexity index is 648. The van der Waals surface area contributed by atoms with E-state index in [0.29, 0.717) is 12.0 Å². The summed E-state index contributed by atoms with van der Waals surface area (Å²) in [6, 6.07) is 9.34. The third-order valence-electron chi connectivity index (χ3n) is 3.83. The number of carbonyl (C=O) groups is 2. The topological polar surface area (TPSA) is 93.4 Å². The van der Waals surface area contributed by atoms with Crippen molar-refractivity contribution in [3.63, 3.8) is 0 Å². The van der Waals surface area contributed by atoms with Crippen LogP contribution in [0.2, 0.25) is 0 Å². The minimum atomic E-state index is -5.08. The molecule has 0 bridgehead atoms. The van der Waals surface area contributed by atoms with Crippen molar-refractivity contribution in [2.24, 2.45) is 0 Å². The lowest BCUT2D eigenvalue weighted by Gasteiger charge is -2.22. The Labute approximate surface area is 149 Å². The van der Waals surface area contributed by atoms with Crippen molar-refractivity contribution in [2.75, 3.05) is 20.1 Å². The van der Waals surface area contributed by atoms with Crippen molar-refractivity contribution in [3.8, 4) is 6.07 Å². The minimum absolute atomic E-state index is 0.175. The molecule has 0 spiro atoms. The summed E-state index contributed by atoms with van der Waals surface area (Å²) in [5, 5.41) is 19.0. The standard InChI is InChI=1S/C15H19N3O.C2HF3O2/c1-17-14(15(19)18-8-2-3-9-18)10-12-4-6-13(11-16)7-5-12;3-2(4,5)1(6)7/h4-7,14,17H,2-3,8-10H2,1H3;(H,6,7). The highest BCUT2D eigenvalue weighted by atomic mass is 19.4. The number of halogens is 3. The maximum atomic E-state index is 12.3. The van der Waals surface area contributed by atoms with E-state index < -0.39 is 12.1 Å². The van der Waals surface area contributed by atoms with Crippen LogP contribution in [0.3, 0.4) is 0 Å². The van der Waals surface area contributed by atoms with E-state index in [1.54, 1.807) is 12.1 Å². The highest BCUT2D eigenvalue weighted by Gasteiger charge is 2.38. The lowest BCUT2D eigenvalue weighted by molar-refractivity contribution is -0.192. The average Bonchev–Trinajstić information content (AvgIpc) is 3.14. The van der Waals surface area contributed by atoms with Gasteiger partial charge in [0.2, 0.25) is 5.91 Å². The van der Waals surface area contributed by atoms with Gasteiger partial charge in [-0.2, -0.15) is 18.4 Å². The molecule has 0 saturated carbocycles. The number of rotatable bonds is 4. The van der Waals surface area contributed by atoms with Gasteiger partial charge < -0.3 is 15.3 Å². The molecule has 1 aromatic rings. The van der Waals surface area contributed by atoms with Crippen LogP contribution in [0.25, 0.3) is 0 Å². The van der Waals surface area contributed by atoms with Crippen LogP contribution in [-0.2, 0) is 16.0 Å². The smallest absolute Gasteiger partial charge is 0.475 e. The van der Waals surface area contributed by atoms with Crippen LogP contribution in [0.15, 0.2) is 24.3 Å². The van der Waals surface area contributed by atoms with E-state index in [-0.39, 0.29) is 11.9 Å². The number of nitrogens with zero attached hydrogens (tertiary/aromatic N) is 2. The molecule has 1 saturated heterocycles. The van der Waals surface area contributed by atoms with E-state index in [1.165, 1.54) is 0 Å². The molecule has 1 aliphatic rings. The molecule has 1 aromatic carbocycles. The fourth-order valence-electron chi connectivity index (χ4n) is 2.42. The van der Waals surface area contributed by atoms with Crippen LogP contribution in [0.1, 0.15) is 24.0 Å². The van der Waals surface area contributed by atoms with Gasteiger partial charge in [-0.05, 0) is 44.0 Å². The van der Waals surface area contributed by atoms with Crippen molar-refractivity contribution in [2.45, 2.75) is 31.5 Å². The number of likely N-dealkylation sites (tertiary alicyclic amines) is 1. The maximum absolute atomic E-state index is 12.3. The van der Waals surface area contributed by atoms with Gasteiger partial charge in [0, 0.05) is 13.1 Å². The van der Waals surface area contributed by atoms with Crippen molar-refractivity contribution in [1.29, 1.82) is 5.26 Å². The molecule has 6 nitrogen and oxygen atoms in total. The third-order valence-corrected chi connectivity index (χ3v) is 3.83. The molecular weight excluding hydrogens is 351 g/mol. The van der Waals surface area contributed by atoms with Crippen LogP contribution in [-0.4, -0.2) is 54.2 Å². The largest absolute Gasteiger partial charge is 0.490 e. The van der Waals surface area contributed by atoms with E-state index in [4.69, 9.17) is 15.2 Å². The molecule has 1 aliphatic heterocycles. The van der Waals surface area contributed by atoms with Crippen LogP contribution in [0, 0.1) is 11.3 Å². The first-order valence-electron chi connectivity index (χ1n) is 7.94. The molecule has 1 amide bonds. The Kier molecular flexibility index (Phi) is 8.06. The second-order valence-electron chi connectivity index (χ2n) is 5.69. The number of hydrogen-bond donors (Lipinski definition) is 2. The number of likely N-dealkylation sites (N-methyl/N-ethyl adjacent to an activating group) is 1. The summed E-state index contributed by atoms with van der Waals surface area (Å²) in [4.78, 5) is 23.1. The predicted molar refractivity (Wildman–Crippen MR) is 87.2 cm³/mol. The molecule has 2 rings (SSSR count). The van der Waals surface area contributed by atoms with Crippen LogP contribution >= 0.6 is 0 Å². The van der Waals surface area contributed by atoms with Crippen molar-refractivity contribution < 1.29 is 27.9 Å². The molecule has 1 fully saturated rings. The summed E-state index contributed by atoms with van der Waals surface area (Å²) >= 11 is 0. The first-order valence-corrected chi connectivity index (χ1v) is 7.94. The molecule has 1 unspecified atom stereocenters. The molecule has 142 valence electrons. The fourth-order valence-corrected chi connectivity index (χ4v) is 2.42. The number of carbonyl (C=O) groups excluding carboxylic acids is 1. The summed E-state index contributed by atoms with van der Waals surface area (Å²) in [5.74, 6) is -2.57. The SMILES string of the molecule is CNC(Cc1ccc(C#N)cc1)C(=O)N1CCCC1.O=C(O)C(F)(F)F. The van der Waals surface area contributed by atoms with Crippen molar-refractivity contribution in [3.05, 3.63) is 35.4 Å². The zero-order valence-electron chi connectivity index (χ0n) is 14.2. The Hall–Kier alpha value is -2.60. The van der Waals surface area contributed by atoms with Gasteiger partial charge >= 0.3 is 12.1 Å². The van der Waals surface area contributed by atoms with E-state index >= 15 is 0 Å². The number of hydrogen-bond acceptors (Lipinski definition) is 4. The highest BCUT2D eigenvalue weighted by Crippen LogP contribution is 2.13. The van der Waals surface area contributed by atoms with Gasteiger partial charge in [0.1, 0.15) is 0 Å². The lowest BCUT2D eigenvalue weighted by atomic mass is 10.0. The maximum Gasteiger partial charge on any atom is 0.490 e. The minimum Gasteiger partial charge on any atom is -0.475 e. The molecule has 1 atom stereocenters. The highest BCUT2D eigenvalue weighted by molar-refractivity contribution is 5.82. The monoisotopic (exact) mass is 371 g/mol. The second-order valence-corrected chi connectivity index (χ2v) is 5.69. The Morgan fingerprint density at radius 2 is 1.77 bits per heavy atom. The normalized spacial score (nSPS) is 14.8. The van der Waals surface area contributed by atoms with Gasteiger partial charge in [-0.15, -0.1) is 0 Å². The predicted octanol–water partition coefficient (Wildman–Crippen LogP) is 1.94. The van der Waals surface area contributed by atoms with Gasteiger partial charge in [-0.1, -0.05) is 12.1 Å². The Morgan fingerprint density at radius 3 is 2.15 bits per heavy atom. The lowest BCUT2D eigenvalue weighted by Crippen LogP contribution is -2.45.